The van der Waals surface area contributed by atoms with Gasteiger partial charge in [-0.05, 0) is 54.4 Å². The summed E-state index contributed by atoms with van der Waals surface area (Å²) in [6.07, 6.45) is 2.23. The maximum atomic E-state index is 9.83. The molecule has 2 bridgehead atoms. The van der Waals surface area contributed by atoms with Crippen LogP contribution in [0.15, 0.2) is 18.2 Å². The van der Waals surface area contributed by atoms with Gasteiger partial charge in [-0.15, -0.1) is 5.92 Å². The smallest absolute Gasteiger partial charge is 0.115 e. The van der Waals surface area contributed by atoms with Crippen LogP contribution in [-0.2, 0) is 11.8 Å². The molecule has 1 aromatic rings. The third-order valence-corrected chi connectivity index (χ3v) is 5.57. The van der Waals surface area contributed by atoms with Gasteiger partial charge in [0.15, 0.2) is 0 Å². The van der Waals surface area contributed by atoms with Crippen molar-refractivity contribution in [3.63, 3.8) is 0 Å². The summed E-state index contributed by atoms with van der Waals surface area (Å²) in [5.41, 5.74) is 2.96. The van der Waals surface area contributed by atoms with Crippen LogP contribution < -0.4 is 0 Å². The summed E-state index contributed by atoms with van der Waals surface area (Å²) in [6, 6.07) is 6.50. The topological polar surface area (TPSA) is 23.5 Å². The van der Waals surface area contributed by atoms with E-state index in [1.807, 2.05) is 19.1 Å². The fourth-order valence-electron chi connectivity index (χ4n) is 4.07. The molecule has 3 atom stereocenters. The van der Waals surface area contributed by atoms with Crippen molar-refractivity contribution >= 4 is 0 Å². The van der Waals surface area contributed by atoms with Gasteiger partial charge in [-0.25, -0.2) is 0 Å². The number of fused-ring (bicyclic) bond motifs is 4. The second-order valence-electron chi connectivity index (χ2n) is 6.47. The Labute approximate surface area is 121 Å². The lowest BCUT2D eigenvalue weighted by Gasteiger charge is -2.54. The molecule has 0 spiro atoms. The summed E-state index contributed by atoms with van der Waals surface area (Å²) in [4.78, 5) is 2.54. The Morgan fingerprint density at radius 3 is 3.00 bits per heavy atom. The highest BCUT2D eigenvalue weighted by atomic mass is 16.3. The Kier molecular flexibility index (Phi) is 3.26. The van der Waals surface area contributed by atoms with Crippen LogP contribution in [0.2, 0.25) is 0 Å². The molecule has 0 amide bonds. The maximum absolute atomic E-state index is 9.83. The van der Waals surface area contributed by atoms with Crippen molar-refractivity contribution in [2.45, 2.75) is 45.1 Å². The second-order valence-corrected chi connectivity index (χ2v) is 6.47. The Bertz CT molecular complexity index is 583. The molecular weight excluding hydrogens is 246 g/mol. The molecule has 1 heterocycles. The van der Waals surface area contributed by atoms with E-state index in [9.17, 15) is 5.11 Å². The molecule has 1 fully saturated rings. The molecule has 2 unspecified atom stereocenters. The zero-order valence-electron chi connectivity index (χ0n) is 12.6. The summed E-state index contributed by atoms with van der Waals surface area (Å²) in [5, 5.41) is 9.83. The molecule has 3 rings (SSSR count). The first kappa shape index (κ1) is 13.5. The zero-order valence-corrected chi connectivity index (χ0v) is 12.6. The number of likely N-dealkylation sites (tertiary alicyclic amines) is 1. The largest absolute Gasteiger partial charge is 0.508 e. The number of rotatable bonds is 1. The van der Waals surface area contributed by atoms with E-state index >= 15 is 0 Å². The van der Waals surface area contributed by atoms with Crippen LogP contribution in [-0.4, -0.2) is 29.1 Å². The van der Waals surface area contributed by atoms with Crippen LogP contribution in [0, 0.1) is 17.8 Å². The molecule has 2 nitrogen and oxygen atoms in total. The predicted octanol–water partition coefficient (Wildman–Crippen LogP) is 2.94. The quantitative estimate of drug-likeness (QED) is 0.792. The fourth-order valence-corrected chi connectivity index (χ4v) is 4.07. The first-order valence-corrected chi connectivity index (χ1v) is 7.52. The number of phenols is 1. The molecule has 106 valence electrons. The number of hydrogen-bond donors (Lipinski definition) is 1. The number of hydrogen-bond acceptors (Lipinski definition) is 2. The first-order valence-electron chi connectivity index (χ1n) is 7.52. The average molecular weight is 269 g/mol. The number of benzene rings is 1. The van der Waals surface area contributed by atoms with Gasteiger partial charge in [0.1, 0.15) is 5.75 Å². The van der Waals surface area contributed by atoms with Gasteiger partial charge >= 0.3 is 0 Å². The molecule has 0 radical (unpaired) electrons. The van der Waals surface area contributed by atoms with Crippen molar-refractivity contribution in [3.05, 3.63) is 29.3 Å². The standard InChI is InChI=1S/C18H23NO/c1-4-5-9-19-10-8-18(3)13(2)17(19)11-14-6-7-15(20)12-16(14)18/h6-7,12-13,17,20H,8-11H2,1-3H3/t13?,17?,18-/m0/s1. The van der Waals surface area contributed by atoms with Crippen LogP contribution in [0.25, 0.3) is 0 Å². The van der Waals surface area contributed by atoms with Crippen LogP contribution in [0.4, 0.5) is 0 Å². The number of piperidine rings is 1. The van der Waals surface area contributed by atoms with E-state index in [2.05, 4.69) is 36.7 Å². The molecular formula is C18H23NO. The SMILES string of the molecule is CC#CCN1CC[C@]2(C)c3cc(O)ccc3CC1C2C. The molecule has 1 N–H and O–H groups in total. The third kappa shape index (κ3) is 1.93. The van der Waals surface area contributed by atoms with Crippen LogP contribution >= 0.6 is 0 Å². The molecule has 2 aliphatic rings. The van der Waals surface area contributed by atoms with Crippen molar-refractivity contribution in [3.8, 4) is 17.6 Å². The summed E-state index contributed by atoms with van der Waals surface area (Å²) in [6.45, 7) is 8.63. The molecule has 20 heavy (non-hydrogen) atoms. The van der Waals surface area contributed by atoms with E-state index in [1.165, 1.54) is 11.1 Å². The number of phenolic OH excluding ortho intramolecular Hbond substituents is 1. The number of aromatic hydroxyl groups is 1. The lowest BCUT2D eigenvalue weighted by atomic mass is 9.59. The summed E-state index contributed by atoms with van der Waals surface area (Å²) >= 11 is 0. The first-order chi connectivity index (χ1) is 9.56. The Morgan fingerprint density at radius 1 is 1.45 bits per heavy atom. The average Bonchev–Trinajstić information content (AvgIpc) is 2.43. The van der Waals surface area contributed by atoms with E-state index in [4.69, 9.17) is 0 Å². The lowest BCUT2D eigenvalue weighted by Crippen LogP contribution is -2.57. The molecule has 1 aliphatic carbocycles. The van der Waals surface area contributed by atoms with Gasteiger partial charge in [0.25, 0.3) is 0 Å². The van der Waals surface area contributed by atoms with Crippen molar-refractivity contribution < 1.29 is 5.11 Å². The summed E-state index contributed by atoms with van der Waals surface area (Å²) in [5.74, 6) is 7.24. The van der Waals surface area contributed by atoms with Gasteiger partial charge in [-0.3, -0.25) is 4.90 Å². The lowest BCUT2D eigenvalue weighted by molar-refractivity contribution is 0.0412. The van der Waals surface area contributed by atoms with Crippen molar-refractivity contribution in [1.29, 1.82) is 0 Å². The molecule has 2 heteroatoms. The van der Waals surface area contributed by atoms with Crippen LogP contribution in [0.3, 0.4) is 0 Å². The highest BCUT2D eigenvalue weighted by Gasteiger charge is 2.48. The molecule has 1 aromatic carbocycles. The van der Waals surface area contributed by atoms with Gasteiger partial charge in [-0.1, -0.05) is 25.8 Å². The van der Waals surface area contributed by atoms with Crippen LogP contribution in [0.1, 0.15) is 38.3 Å². The van der Waals surface area contributed by atoms with Crippen molar-refractivity contribution in [1.82, 2.24) is 4.90 Å². The van der Waals surface area contributed by atoms with E-state index in [0.29, 0.717) is 17.7 Å². The van der Waals surface area contributed by atoms with Gasteiger partial charge in [-0.2, -0.15) is 0 Å². The maximum Gasteiger partial charge on any atom is 0.115 e. The molecule has 0 saturated carbocycles. The van der Waals surface area contributed by atoms with Gasteiger partial charge in [0, 0.05) is 12.6 Å². The Morgan fingerprint density at radius 2 is 2.25 bits per heavy atom. The van der Waals surface area contributed by atoms with Crippen molar-refractivity contribution in [2.75, 3.05) is 13.1 Å². The summed E-state index contributed by atoms with van der Waals surface area (Å²) < 4.78 is 0. The second kappa shape index (κ2) is 4.82. The Balaban J connectivity index is 2.01. The van der Waals surface area contributed by atoms with Crippen molar-refractivity contribution in [2.24, 2.45) is 5.92 Å². The minimum atomic E-state index is 0.188. The van der Waals surface area contributed by atoms with Gasteiger partial charge in [0.2, 0.25) is 0 Å². The Hall–Kier alpha value is -1.46. The predicted molar refractivity (Wildman–Crippen MR) is 81.8 cm³/mol. The highest BCUT2D eigenvalue weighted by molar-refractivity contribution is 5.44. The van der Waals surface area contributed by atoms with E-state index in [0.717, 1.165) is 25.9 Å². The summed E-state index contributed by atoms with van der Waals surface area (Å²) in [7, 11) is 0. The van der Waals surface area contributed by atoms with E-state index < -0.39 is 0 Å². The highest BCUT2D eigenvalue weighted by Crippen LogP contribution is 2.49. The normalized spacial score (nSPS) is 32.1. The van der Waals surface area contributed by atoms with E-state index in [-0.39, 0.29) is 5.41 Å². The minimum Gasteiger partial charge on any atom is -0.508 e. The van der Waals surface area contributed by atoms with Crippen LogP contribution in [0.5, 0.6) is 5.75 Å². The van der Waals surface area contributed by atoms with Gasteiger partial charge < -0.3 is 5.11 Å². The van der Waals surface area contributed by atoms with Gasteiger partial charge in [0.05, 0.1) is 6.54 Å². The molecule has 1 aliphatic heterocycles. The fraction of sp³-hybridized carbons (Fsp3) is 0.556. The monoisotopic (exact) mass is 269 g/mol. The number of nitrogens with zero attached hydrogens (tertiary/aromatic N) is 1. The zero-order chi connectivity index (χ0) is 14.3. The van der Waals surface area contributed by atoms with E-state index in [1.54, 1.807) is 0 Å². The molecule has 1 saturated heterocycles. The minimum absolute atomic E-state index is 0.188. The third-order valence-electron chi connectivity index (χ3n) is 5.57. The molecule has 0 aromatic heterocycles.